The van der Waals surface area contributed by atoms with Gasteiger partial charge in [0.1, 0.15) is 10.8 Å². The monoisotopic (exact) mass is 505 g/mol. The van der Waals surface area contributed by atoms with Crippen molar-refractivity contribution in [3.63, 3.8) is 0 Å². The number of rotatable bonds is 12. The molecule has 34 heavy (non-hydrogen) atoms. The summed E-state index contributed by atoms with van der Waals surface area (Å²) in [7, 11) is -3.18. The molecule has 0 saturated carbocycles. The lowest BCUT2D eigenvalue weighted by molar-refractivity contribution is 0.0982. The second-order valence-electron chi connectivity index (χ2n) is 7.72. The van der Waals surface area contributed by atoms with Crippen LogP contribution in [-0.4, -0.2) is 50.4 Å². The van der Waals surface area contributed by atoms with Crippen LogP contribution in [0, 0.1) is 5.82 Å². The molecule has 11 heteroatoms. The number of aromatic nitrogens is 2. The summed E-state index contributed by atoms with van der Waals surface area (Å²) < 4.78 is 38.8. The third-order valence-corrected chi connectivity index (χ3v) is 6.65. The summed E-state index contributed by atoms with van der Waals surface area (Å²) in [6, 6.07) is 13.7. The number of nitrogens with one attached hydrogen (secondary N) is 2. The van der Waals surface area contributed by atoms with E-state index in [4.69, 9.17) is 0 Å². The first kappa shape index (κ1) is 25.9. The van der Waals surface area contributed by atoms with Crippen molar-refractivity contribution >= 4 is 32.4 Å². The Morgan fingerprint density at radius 2 is 1.82 bits per heavy atom. The van der Waals surface area contributed by atoms with Crippen molar-refractivity contribution in [2.24, 2.45) is 0 Å². The summed E-state index contributed by atoms with van der Waals surface area (Å²) in [6.07, 6.45) is 2.77. The Kier molecular flexibility index (Phi) is 9.22. The number of halogens is 1. The highest BCUT2D eigenvalue weighted by molar-refractivity contribution is 7.88. The van der Waals surface area contributed by atoms with E-state index in [-0.39, 0.29) is 5.56 Å². The molecule has 0 unspecified atom stereocenters. The van der Waals surface area contributed by atoms with Gasteiger partial charge < -0.3 is 5.32 Å². The van der Waals surface area contributed by atoms with Gasteiger partial charge in [0.05, 0.1) is 11.8 Å². The number of hydrogen-bond donors (Lipinski definition) is 2. The van der Waals surface area contributed by atoms with E-state index < -0.39 is 21.7 Å². The number of sulfonamides is 1. The molecule has 0 aliphatic rings. The van der Waals surface area contributed by atoms with Crippen molar-refractivity contribution in [2.75, 3.05) is 30.8 Å². The van der Waals surface area contributed by atoms with Gasteiger partial charge in [-0.3, -0.25) is 9.69 Å². The lowest BCUT2D eigenvalue weighted by Gasteiger charge is -2.19. The van der Waals surface area contributed by atoms with Gasteiger partial charge in [-0.15, -0.1) is 10.2 Å². The highest BCUT2D eigenvalue weighted by Crippen LogP contribution is 2.30. The zero-order valence-electron chi connectivity index (χ0n) is 19.1. The predicted octanol–water partition coefficient (Wildman–Crippen LogP) is 3.43. The lowest BCUT2D eigenvalue weighted by Crippen LogP contribution is -2.32. The molecule has 2 aromatic carbocycles. The lowest BCUT2D eigenvalue weighted by atomic mass is 10.1. The standard InChI is InChI=1S/C23H28FN5O3S2/c1-3-4-15-29(22(30)19-7-5-6-8-20(19)24)23-28-27-21(33-23)18-11-9-17(10-12-18)16-25-13-14-26-34(2,31)32/h5-12,25-26H,3-4,13-16H2,1-2H3. The van der Waals surface area contributed by atoms with Crippen LogP contribution in [-0.2, 0) is 16.6 Å². The normalized spacial score (nSPS) is 11.5. The Balaban J connectivity index is 1.67. The minimum atomic E-state index is -3.18. The Morgan fingerprint density at radius 1 is 1.09 bits per heavy atom. The van der Waals surface area contributed by atoms with E-state index in [1.807, 2.05) is 31.2 Å². The third kappa shape index (κ3) is 7.39. The Hall–Kier alpha value is -2.73. The van der Waals surface area contributed by atoms with Gasteiger partial charge in [0.2, 0.25) is 15.2 Å². The molecule has 0 saturated heterocycles. The van der Waals surface area contributed by atoms with E-state index >= 15 is 0 Å². The van der Waals surface area contributed by atoms with Gasteiger partial charge in [-0.25, -0.2) is 17.5 Å². The number of anilines is 1. The minimum Gasteiger partial charge on any atom is -0.311 e. The van der Waals surface area contributed by atoms with Gasteiger partial charge in [0.15, 0.2) is 0 Å². The minimum absolute atomic E-state index is 0.0129. The van der Waals surface area contributed by atoms with E-state index in [0.717, 1.165) is 30.2 Å². The van der Waals surface area contributed by atoms with Crippen LogP contribution in [0.3, 0.4) is 0 Å². The number of unbranched alkanes of at least 4 members (excludes halogenated alkanes) is 1. The summed E-state index contributed by atoms with van der Waals surface area (Å²) in [6.45, 7) is 3.88. The van der Waals surface area contributed by atoms with Crippen molar-refractivity contribution in [1.29, 1.82) is 0 Å². The highest BCUT2D eigenvalue weighted by atomic mass is 32.2. The number of carbonyl (C=O) groups is 1. The van der Waals surface area contributed by atoms with Crippen LogP contribution in [0.5, 0.6) is 0 Å². The van der Waals surface area contributed by atoms with Crippen LogP contribution in [0.4, 0.5) is 9.52 Å². The van der Waals surface area contributed by atoms with Crippen LogP contribution >= 0.6 is 11.3 Å². The molecule has 0 bridgehead atoms. The maximum absolute atomic E-state index is 14.2. The van der Waals surface area contributed by atoms with Gasteiger partial charge in [-0.1, -0.05) is 61.1 Å². The maximum atomic E-state index is 14.2. The zero-order valence-corrected chi connectivity index (χ0v) is 20.8. The molecule has 8 nitrogen and oxygen atoms in total. The van der Waals surface area contributed by atoms with Gasteiger partial charge in [0.25, 0.3) is 5.91 Å². The average molecular weight is 506 g/mol. The molecule has 182 valence electrons. The van der Waals surface area contributed by atoms with Crippen molar-refractivity contribution in [1.82, 2.24) is 20.2 Å². The summed E-state index contributed by atoms with van der Waals surface area (Å²) in [5.74, 6) is -0.990. The molecule has 0 radical (unpaired) electrons. The van der Waals surface area contributed by atoms with Crippen LogP contribution < -0.4 is 14.9 Å². The summed E-state index contributed by atoms with van der Waals surface area (Å²) >= 11 is 1.29. The van der Waals surface area contributed by atoms with Crippen molar-refractivity contribution in [2.45, 2.75) is 26.3 Å². The average Bonchev–Trinajstić information content (AvgIpc) is 3.29. The Bertz CT molecular complexity index is 1200. The van der Waals surface area contributed by atoms with Gasteiger partial charge in [-0.2, -0.15) is 0 Å². The molecule has 3 rings (SSSR count). The Morgan fingerprint density at radius 3 is 2.50 bits per heavy atom. The second kappa shape index (κ2) is 12.1. The zero-order chi connectivity index (χ0) is 24.6. The van der Waals surface area contributed by atoms with Crippen molar-refractivity contribution in [3.05, 3.63) is 65.5 Å². The molecular formula is C23H28FN5O3S2. The van der Waals surface area contributed by atoms with E-state index in [2.05, 4.69) is 20.2 Å². The first-order chi connectivity index (χ1) is 16.3. The predicted molar refractivity (Wildman–Crippen MR) is 133 cm³/mol. The molecule has 1 aromatic heterocycles. The fourth-order valence-electron chi connectivity index (χ4n) is 3.14. The molecule has 2 N–H and O–H groups in total. The fourth-order valence-corrected chi connectivity index (χ4v) is 4.49. The molecule has 3 aromatic rings. The molecule has 0 atom stereocenters. The number of nitrogens with zero attached hydrogens (tertiary/aromatic N) is 3. The van der Waals surface area contributed by atoms with Crippen molar-refractivity contribution < 1.29 is 17.6 Å². The largest absolute Gasteiger partial charge is 0.311 e. The first-order valence-electron chi connectivity index (χ1n) is 10.9. The topological polar surface area (TPSA) is 104 Å². The summed E-state index contributed by atoms with van der Waals surface area (Å²) in [5.41, 5.74) is 1.91. The van der Waals surface area contributed by atoms with E-state index in [9.17, 15) is 17.6 Å². The van der Waals surface area contributed by atoms with Crippen LogP contribution in [0.2, 0.25) is 0 Å². The second-order valence-corrected chi connectivity index (χ2v) is 10.5. The van der Waals surface area contributed by atoms with Gasteiger partial charge in [0, 0.05) is 31.7 Å². The number of benzene rings is 2. The molecule has 0 aliphatic carbocycles. The van der Waals surface area contributed by atoms with Crippen LogP contribution in [0.25, 0.3) is 10.6 Å². The van der Waals surface area contributed by atoms with Crippen LogP contribution in [0.15, 0.2) is 48.5 Å². The third-order valence-electron chi connectivity index (χ3n) is 4.93. The maximum Gasteiger partial charge on any atom is 0.263 e. The number of carbonyl (C=O) groups excluding carboxylic acids is 1. The molecule has 0 spiro atoms. The van der Waals surface area contributed by atoms with E-state index in [1.165, 1.54) is 28.4 Å². The van der Waals surface area contributed by atoms with E-state index in [0.29, 0.717) is 36.3 Å². The molecule has 1 heterocycles. The van der Waals surface area contributed by atoms with Gasteiger partial charge >= 0.3 is 0 Å². The highest BCUT2D eigenvalue weighted by Gasteiger charge is 2.23. The molecule has 1 amide bonds. The molecular weight excluding hydrogens is 477 g/mol. The molecule has 0 fully saturated rings. The van der Waals surface area contributed by atoms with Gasteiger partial charge in [-0.05, 0) is 24.1 Å². The fraction of sp³-hybridized carbons (Fsp3) is 0.348. The number of hydrogen-bond acceptors (Lipinski definition) is 7. The summed E-state index contributed by atoms with van der Waals surface area (Å²) in [4.78, 5) is 14.5. The summed E-state index contributed by atoms with van der Waals surface area (Å²) in [5, 5.41) is 12.7. The van der Waals surface area contributed by atoms with E-state index in [1.54, 1.807) is 12.1 Å². The van der Waals surface area contributed by atoms with Crippen molar-refractivity contribution in [3.8, 4) is 10.6 Å². The SMILES string of the molecule is CCCCN(C(=O)c1ccccc1F)c1nnc(-c2ccc(CNCCNS(C)(=O)=O)cc2)s1. The Labute approximate surface area is 203 Å². The van der Waals surface area contributed by atoms with Crippen LogP contribution in [0.1, 0.15) is 35.7 Å². The number of amides is 1. The smallest absolute Gasteiger partial charge is 0.263 e. The molecule has 0 aliphatic heterocycles. The first-order valence-corrected chi connectivity index (χ1v) is 13.6. The quantitative estimate of drug-likeness (QED) is 0.366.